The molecule has 4 amide bonds. The zero-order valence-electron chi connectivity index (χ0n) is 36.5. The zero-order chi connectivity index (χ0) is 44.8. The summed E-state index contributed by atoms with van der Waals surface area (Å²) in [6, 6.07) is 23.7. The van der Waals surface area contributed by atoms with Gasteiger partial charge in [-0.1, -0.05) is 79.2 Å². The van der Waals surface area contributed by atoms with Crippen molar-refractivity contribution in [2.45, 2.75) is 121 Å². The summed E-state index contributed by atoms with van der Waals surface area (Å²) in [5, 5.41) is 17.3. The van der Waals surface area contributed by atoms with Gasteiger partial charge in [-0.3, -0.25) is 9.59 Å². The number of oxazole rings is 1. The number of para-hydroxylation sites is 2. The topological polar surface area (TPSA) is 190 Å². The molecule has 0 bridgehead atoms. The van der Waals surface area contributed by atoms with Crippen molar-refractivity contribution >= 4 is 41.1 Å². The molecule has 0 aliphatic carbocycles. The van der Waals surface area contributed by atoms with Gasteiger partial charge in [-0.15, -0.1) is 0 Å². The number of nitrogens with one attached hydrogen (secondary N) is 2. The molecule has 1 unspecified atom stereocenters. The predicted molar refractivity (Wildman–Crippen MR) is 234 cm³/mol. The zero-order valence-corrected chi connectivity index (χ0v) is 36.5. The van der Waals surface area contributed by atoms with Gasteiger partial charge in [0.15, 0.2) is 11.4 Å². The van der Waals surface area contributed by atoms with Crippen LogP contribution >= 0.6 is 0 Å². The van der Waals surface area contributed by atoms with Crippen molar-refractivity contribution in [2.75, 3.05) is 26.2 Å². The van der Waals surface area contributed by atoms with Gasteiger partial charge in [-0.2, -0.15) is 0 Å². The second kappa shape index (κ2) is 22.4. The Kier molecular flexibility index (Phi) is 16.6. The number of fused-ring (bicyclic) bond motifs is 1. The Labute approximate surface area is 368 Å². The van der Waals surface area contributed by atoms with E-state index >= 15 is 0 Å². The lowest BCUT2D eigenvalue weighted by Crippen LogP contribution is -2.52. The maximum absolute atomic E-state index is 14.8. The molecule has 2 aliphatic heterocycles. The smallest absolute Gasteiger partial charge is 0.410 e. The van der Waals surface area contributed by atoms with E-state index in [0.717, 1.165) is 30.4 Å². The van der Waals surface area contributed by atoms with Crippen LogP contribution in [0.3, 0.4) is 0 Å². The van der Waals surface area contributed by atoms with Gasteiger partial charge in [-0.05, 0) is 89.0 Å². The number of likely N-dealkylation sites (tertiary alicyclic amines) is 2. The Hall–Kier alpha value is -5.96. The van der Waals surface area contributed by atoms with Gasteiger partial charge >= 0.3 is 18.3 Å². The first-order valence-electron chi connectivity index (χ1n) is 22.1. The summed E-state index contributed by atoms with van der Waals surface area (Å²) in [5.41, 5.74) is 2.12. The number of hydrogen-bond acceptors (Lipinski definition) is 11. The van der Waals surface area contributed by atoms with E-state index in [-0.39, 0.29) is 44.1 Å². The van der Waals surface area contributed by atoms with E-state index in [1.807, 2.05) is 66.7 Å². The number of aryl methyl sites for hydroxylation is 1. The van der Waals surface area contributed by atoms with Crippen LogP contribution in [0.15, 0.2) is 89.3 Å². The summed E-state index contributed by atoms with van der Waals surface area (Å²) in [5.74, 6) is -1.49. The van der Waals surface area contributed by atoms with Crippen molar-refractivity contribution in [3.63, 3.8) is 0 Å². The van der Waals surface area contributed by atoms with Gasteiger partial charge < -0.3 is 44.2 Å². The largest absolute Gasteiger partial charge is 0.445 e. The number of alkyl carbamates (subject to hydrolysis) is 2. The van der Waals surface area contributed by atoms with Crippen LogP contribution in [-0.4, -0.2) is 99.8 Å². The molecule has 0 spiro atoms. The lowest BCUT2D eigenvalue weighted by molar-refractivity contribution is -0.140. The third-order valence-corrected chi connectivity index (χ3v) is 11.3. The number of piperidine rings is 1. The third-order valence-electron chi connectivity index (χ3n) is 11.3. The number of amides is 4. The molecule has 3 heterocycles. The minimum atomic E-state index is -1.28. The number of ether oxygens (including phenoxy) is 3. The molecule has 338 valence electrons. The van der Waals surface area contributed by atoms with E-state index in [9.17, 15) is 29.1 Å². The second-order valence-electron chi connectivity index (χ2n) is 17.4. The quantitative estimate of drug-likeness (QED) is 0.0658. The molecule has 2 saturated heterocycles. The molecule has 0 radical (unpaired) electrons. The van der Waals surface area contributed by atoms with E-state index in [0.29, 0.717) is 56.4 Å². The first-order valence-corrected chi connectivity index (χ1v) is 22.1. The lowest BCUT2D eigenvalue weighted by Gasteiger charge is -2.30. The molecule has 2 aliphatic rings. The molecule has 15 heteroatoms. The van der Waals surface area contributed by atoms with Crippen molar-refractivity contribution in [2.24, 2.45) is 5.92 Å². The fourth-order valence-electron chi connectivity index (χ4n) is 8.07. The fraction of sp³-hybridized carbons (Fsp3) is 0.500. The Bertz CT molecular complexity index is 2080. The van der Waals surface area contributed by atoms with Crippen molar-refractivity contribution in [3.8, 4) is 0 Å². The normalized spacial score (nSPS) is 18.0. The Morgan fingerprint density at radius 1 is 0.857 bits per heavy atom. The van der Waals surface area contributed by atoms with Gasteiger partial charge in [-0.25, -0.2) is 19.4 Å². The molecule has 2 fully saturated rings. The van der Waals surface area contributed by atoms with Crippen LogP contribution in [0.4, 0.5) is 14.4 Å². The number of rotatable bonds is 18. The highest BCUT2D eigenvalue weighted by atomic mass is 16.6. The Morgan fingerprint density at radius 2 is 1.54 bits per heavy atom. The van der Waals surface area contributed by atoms with Crippen molar-refractivity contribution in [1.82, 2.24) is 25.4 Å². The molecule has 4 aromatic rings. The minimum absolute atomic E-state index is 0.00745. The number of nitrogens with zero attached hydrogens (tertiary/aromatic N) is 3. The summed E-state index contributed by atoms with van der Waals surface area (Å²) >= 11 is 0. The van der Waals surface area contributed by atoms with Gasteiger partial charge in [0.05, 0.1) is 12.6 Å². The van der Waals surface area contributed by atoms with E-state index in [1.165, 1.54) is 4.90 Å². The molecule has 5 atom stereocenters. The number of aliphatic hydroxyl groups excluding tert-OH is 1. The lowest BCUT2D eigenvalue weighted by atomic mass is 9.88. The molecule has 3 aromatic carbocycles. The fourth-order valence-corrected chi connectivity index (χ4v) is 8.07. The predicted octanol–water partition coefficient (Wildman–Crippen LogP) is 7.65. The number of carbonyl (C=O) groups excluding carboxylic acids is 5. The molecule has 0 saturated carbocycles. The minimum Gasteiger partial charge on any atom is -0.445 e. The highest BCUT2D eigenvalue weighted by Gasteiger charge is 2.45. The number of aromatic nitrogens is 1. The monoisotopic (exact) mass is 867 g/mol. The Morgan fingerprint density at radius 3 is 2.24 bits per heavy atom. The highest BCUT2D eigenvalue weighted by molar-refractivity contribution is 5.93. The number of unbranched alkanes of at least 4 members (excludes halogenated alkanes) is 1. The average Bonchev–Trinajstić information content (AvgIpc) is 3.91. The SMILES string of the molecule is CC(C)(C)OC(=O)NCCCC[C@H](CC(=O)[C@@H]1C[C@@H](OC(=O)N2CCCCC2)CN1C(=O)[C@@H](CCc1ccccc1)NC(=O)OCc1ccccc1)C(O)c1nc2ccccc2o1. The van der Waals surface area contributed by atoms with E-state index in [2.05, 4.69) is 15.6 Å². The van der Waals surface area contributed by atoms with Gasteiger partial charge in [0, 0.05) is 38.4 Å². The first kappa shape index (κ1) is 46.5. The first-order chi connectivity index (χ1) is 30.3. The van der Waals surface area contributed by atoms with Crippen LogP contribution in [0, 0.1) is 5.92 Å². The molecule has 63 heavy (non-hydrogen) atoms. The van der Waals surface area contributed by atoms with Crippen molar-refractivity contribution in [3.05, 3.63) is 102 Å². The maximum Gasteiger partial charge on any atom is 0.410 e. The summed E-state index contributed by atoms with van der Waals surface area (Å²) in [6.45, 7) is 6.72. The Balaban J connectivity index is 1.22. The summed E-state index contributed by atoms with van der Waals surface area (Å²) in [6.07, 6.45) is 0.774. The highest BCUT2D eigenvalue weighted by Crippen LogP contribution is 2.34. The number of carbonyl (C=O) groups is 5. The number of ketones is 1. The van der Waals surface area contributed by atoms with E-state index < -0.39 is 60.0 Å². The van der Waals surface area contributed by atoms with Crippen LogP contribution in [0.1, 0.15) is 102 Å². The third kappa shape index (κ3) is 14.0. The van der Waals surface area contributed by atoms with Crippen molar-refractivity contribution < 1.29 is 47.7 Å². The molecular formula is C48H61N5O10. The van der Waals surface area contributed by atoms with E-state index in [4.69, 9.17) is 18.6 Å². The number of Topliss-reactive ketones (excluding diaryl/α,β-unsaturated/α-hetero) is 1. The molecule has 6 rings (SSSR count). The second-order valence-corrected chi connectivity index (χ2v) is 17.4. The average molecular weight is 868 g/mol. The van der Waals surface area contributed by atoms with Crippen LogP contribution < -0.4 is 10.6 Å². The number of benzene rings is 3. The molecule has 3 N–H and O–H groups in total. The standard InChI is InChI=1S/C48H61N5O10/c1-48(2,3)63-45(57)49-26-14-13-21-35(42(55)43-50-37-22-11-12-23-41(37)62-43)29-40(54)39-30-36(61-47(59)52-27-15-6-16-28-52)31-53(39)44(56)38(25-24-33-17-7-4-8-18-33)51-46(58)60-32-34-19-9-5-10-20-34/h4-5,7-12,17-20,22-23,35-36,38-39,42,55H,6,13-16,21,24-32H2,1-3H3,(H,49,57)(H,51,58)/t35-,36-,38-,39+,42?/m1/s1. The summed E-state index contributed by atoms with van der Waals surface area (Å²) < 4.78 is 22.8. The molecule has 1 aromatic heterocycles. The molecular weight excluding hydrogens is 807 g/mol. The summed E-state index contributed by atoms with van der Waals surface area (Å²) in [4.78, 5) is 76.0. The molecule has 15 nitrogen and oxygen atoms in total. The summed E-state index contributed by atoms with van der Waals surface area (Å²) in [7, 11) is 0. The van der Waals surface area contributed by atoms with Gasteiger partial charge in [0.1, 0.15) is 36.0 Å². The van der Waals surface area contributed by atoms with E-state index in [1.54, 1.807) is 43.9 Å². The maximum atomic E-state index is 14.8. The van der Waals surface area contributed by atoms with Crippen LogP contribution in [0.5, 0.6) is 0 Å². The number of aliphatic hydroxyl groups is 1. The van der Waals surface area contributed by atoms with Crippen molar-refractivity contribution in [1.29, 1.82) is 0 Å². The van der Waals surface area contributed by atoms with Gasteiger partial charge in [0.2, 0.25) is 11.8 Å². The van der Waals surface area contributed by atoms with Crippen LogP contribution in [-0.2, 0) is 36.8 Å². The number of hydrogen-bond donors (Lipinski definition) is 3. The van der Waals surface area contributed by atoms with Crippen LogP contribution in [0.25, 0.3) is 11.1 Å². The van der Waals surface area contributed by atoms with Gasteiger partial charge in [0.25, 0.3) is 0 Å². The van der Waals surface area contributed by atoms with Crippen LogP contribution in [0.2, 0.25) is 0 Å².